The maximum Gasteiger partial charge on any atom is 0.241 e. The lowest BCUT2D eigenvalue weighted by Crippen LogP contribution is -2.43. The van der Waals surface area contributed by atoms with Gasteiger partial charge < -0.3 is 10.6 Å². The molecular formula is C13H18N2O3S. The molecular weight excluding hydrogens is 264 g/mol. The average Bonchev–Trinajstić information content (AvgIpc) is 2.39. The molecule has 0 saturated carbocycles. The normalized spacial score (nSPS) is 19.9. The molecule has 0 aromatic heterocycles. The highest BCUT2D eigenvalue weighted by Gasteiger charge is 2.20. The molecule has 6 heteroatoms. The molecule has 0 unspecified atom stereocenters. The lowest BCUT2D eigenvalue weighted by Gasteiger charge is -2.22. The molecule has 1 saturated heterocycles. The molecule has 0 aliphatic carbocycles. The third-order valence-corrected chi connectivity index (χ3v) is 4.27. The first-order valence-electron chi connectivity index (χ1n) is 6.31. The average molecular weight is 282 g/mol. The van der Waals surface area contributed by atoms with Gasteiger partial charge >= 0.3 is 0 Å². The van der Waals surface area contributed by atoms with Gasteiger partial charge in [0.2, 0.25) is 5.91 Å². The van der Waals surface area contributed by atoms with Crippen molar-refractivity contribution in [1.29, 1.82) is 0 Å². The molecule has 2 rings (SSSR count). The summed E-state index contributed by atoms with van der Waals surface area (Å²) in [5.41, 5.74) is 0.514. The van der Waals surface area contributed by atoms with Crippen LogP contribution in [0.1, 0.15) is 19.3 Å². The Kier molecular flexibility index (Phi) is 4.21. The fourth-order valence-corrected chi connectivity index (χ4v) is 2.78. The number of amides is 1. The molecule has 1 aromatic carbocycles. The second-order valence-electron chi connectivity index (χ2n) is 4.79. The largest absolute Gasteiger partial charge is 0.325 e. The van der Waals surface area contributed by atoms with Gasteiger partial charge in [-0.1, -0.05) is 12.5 Å². The van der Waals surface area contributed by atoms with Crippen LogP contribution < -0.4 is 10.6 Å². The summed E-state index contributed by atoms with van der Waals surface area (Å²) in [6.45, 7) is 0.849. The standard InChI is InChI=1S/C13H18N2O3S/c1-19(17,18)11-6-4-5-10(9-11)15-13(16)12-7-2-3-8-14-12/h4-6,9,12,14H,2-3,7-8H2,1H3,(H,15,16)/t12-/m0/s1. The smallest absolute Gasteiger partial charge is 0.241 e. The fraction of sp³-hybridized carbons (Fsp3) is 0.462. The van der Waals surface area contributed by atoms with Crippen LogP contribution in [0.25, 0.3) is 0 Å². The summed E-state index contributed by atoms with van der Waals surface area (Å²) >= 11 is 0. The number of anilines is 1. The topological polar surface area (TPSA) is 75.3 Å². The van der Waals surface area contributed by atoms with Crippen LogP contribution in [0.5, 0.6) is 0 Å². The molecule has 1 aliphatic rings. The second kappa shape index (κ2) is 5.71. The minimum atomic E-state index is -3.25. The molecule has 1 fully saturated rings. The lowest BCUT2D eigenvalue weighted by molar-refractivity contribution is -0.118. The van der Waals surface area contributed by atoms with Crippen LogP contribution in [0.3, 0.4) is 0 Å². The number of piperidine rings is 1. The fourth-order valence-electron chi connectivity index (χ4n) is 2.11. The predicted molar refractivity (Wildman–Crippen MR) is 73.8 cm³/mol. The van der Waals surface area contributed by atoms with E-state index in [9.17, 15) is 13.2 Å². The van der Waals surface area contributed by atoms with Gasteiger partial charge in [-0.25, -0.2) is 8.42 Å². The summed E-state index contributed by atoms with van der Waals surface area (Å²) in [5, 5.41) is 5.91. The zero-order chi connectivity index (χ0) is 13.9. The van der Waals surface area contributed by atoms with E-state index in [0.717, 1.165) is 32.1 Å². The minimum Gasteiger partial charge on any atom is -0.325 e. The Morgan fingerprint density at radius 3 is 2.79 bits per heavy atom. The van der Waals surface area contributed by atoms with Crippen LogP contribution in [-0.2, 0) is 14.6 Å². The molecule has 1 heterocycles. The summed E-state index contributed by atoms with van der Waals surface area (Å²) in [5.74, 6) is -0.106. The second-order valence-corrected chi connectivity index (χ2v) is 6.81. The summed E-state index contributed by atoms with van der Waals surface area (Å²) in [6.07, 6.45) is 4.09. The molecule has 5 nitrogen and oxygen atoms in total. The number of nitrogens with one attached hydrogen (secondary N) is 2. The highest BCUT2D eigenvalue weighted by molar-refractivity contribution is 7.90. The third kappa shape index (κ3) is 3.78. The van der Waals surface area contributed by atoms with Crippen LogP contribution in [0.2, 0.25) is 0 Å². The van der Waals surface area contributed by atoms with Crippen molar-refractivity contribution in [2.75, 3.05) is 18.1 Å². The molecule has 0 spiro atoms. The Bertz CT molecular complexity index is 563. The van der Waals surface area contributed by atoms with Crippen molar-refractivity contribution in [2.24, 2.45) is 0 Å². The van der Waals surface area contributed by atoms with Crippen molar-refractivity contribution in [1.82, 2.24) is 5.32 Å². The Labute approximate surface area is 113 Å². The summed E-state index contributed by atoms with van der Waals surface area (Å²) in [7, 11) is -3.25. The molecule has 0 bridgehead atoms. The van der Waals surface area contributed by atoms with Crippen molar-refractivity contribution in [3.05, 3.63) is 24.3 Å². The molecule has 19 heavy (non-hydrogen) atoms. The van der Waals surface area contributed by atoms with Crippen LogP contribution in [0.4, 0.5) is 5.69 Å². The maximum absolute atomic E-state index is 12.0. The Balaban J connectivity index is 2.08. The molecule has 1 amide bonds. The first kappa shape index (κ1) is 14.0. The van der Waals surface area contributed by atoms with E-state index in [2.05, 4.69) is 10.6 Å². The predicted octanol–water partition coefficient (Wildman–Crippen LogP) is 1.17. The van der Waals surface area contributed by atoms with E-state index < -0.39 is 9.84 Å². The third-order valence-electron chi connectivity index (χ3n) is 3.16. The van der Waals surface area contributed by atoms with E-state index in [1.165, 1.54) is 12.1 Å². The van der Waals surface area contributed by atoms with E-state index in [1.54, 1.807) is 12.1 Å². The van der Waals surface area contributed by atoms with Crippen molar-refractivity contribution in [3.63, 3.8) is 0 Å². The summed E-state index contributed by atoms with van der Waals surface area (Å²) < 4.78 is 22.9. The van der Waals surface area contributed by atoms with Gasteiger partial charge in [-0.05, 0) is 37.6 Å². The Morgan fingerprint density at radius 2 is 2.16 bits per heavy atom. The number of hydrogen-bond donors (Lipinski definition) is 2. The van der Waals surface area contributed by atoms with Gasteiger partial charge in [-0.15, -0.1) is 0 Å². The Hall–Kier alpha value is -1.40. The number of carbonyl (C=O) groups excluding carboxylic acids is 1. The minimum absolute atomic E-state index is 0.106. The molecule has 104 valence electrons. The van der Waals surface area contributed by atoms with Gasteiger partial charge in [-0.3, -0.25) is 4.79 Å². The molecule has 2 N–H and O–H groups in total. The van der Waals surface area contributed by atoms with E-state index in [-0.39, 0.29) is 16.8 Å². The van der Waals surface area contributed by atoms with Crippen LogP contribution in [-0.4, -0.2) is 33.2 Å². The first-order valence-corrected chi connectivity index (χ1v) is 8.20. The van der Waals surface area contributed by atoms with Crippen LogP contribution in [0, 0.1) is 0 Å². The van der Waals surface area contributed by atoms with Crippen molar-refractivity contribution in [3.8, 4) is 0 Å². The number of hydrogen-bond acceptors (Lipinski definition) is 4. The molecule has 0 radical (unpaired) electrons. The summed E-state index contributed by atoms with van der Waals surface area (Å²) in [4.78, 5) is 12.2. The van der Waals surface area contributed by atoms with E-state index >= 15 is 0 Å². The molecule has 1 aromatic rings. The molecule has 1 atom stereocenters. The van der Waals surface area contributed by atoms with Gasteiger partial charge in [0.1, 0.15) is 0 Å². The lowest BCUT2D eigenvalue weighted by atomic mass is 10.0. The number of rotatable bonds is 3. The van der Waals surface area contributed by atoms with Crippen molar-refractivity contribution >= 4 is 21.4 Å². The van der Waals surface area contributed by atoms with Crippen LogP contribution >= 0.6 is 0 Å². The van der Waals surface area contributed by atoms with Gasteiger partial charge in [-0.2, -0.15) is 0 Å². The zero-order valence-corrected chi connectivity index (χ0v) is 11.7. The number of sulfone groups is 1. The van der Waals surface area contributed by atoms with Gasteiger partial charge in [0.25, 0.3) is 0 Å². The number of benzene rings is 1. The van der Waals surface area contributed by atoms with Gasteiger partial charge in [0, 0.05) is 11.9 Å². The Morgan fingerprint density at radius 1 is 1.37 bits per heavy atom. The molecule has 1 aliphatic heterocycles. The zero-order valence-electron chi connectivity index (χ0n) is 10.8. The SMILES string of the molecule is CS(=O)(=O)c1cccc(NC(=O)[C@@H]2CCCCN2)c1. The van der Waals surface area contributed by atoms with Crippen LogP contribution in [0.15, 0.2) is 29.2 Å². The number of carbonyl (C=O) groups is 1. The highest BCUT2D eigenvalue weighted by atomic mass is 32.2. The van der Waals surface area contributed by atoms with Crippen molar-refractivity contribution < 1.29 is 13.2 Å². The van der Waals surface area contributed by atoms with Gasteiger partial charge in [0.15, 0.2) is 9.84 Å². The summed E-state index contributed by atoms with van der Waals surface area (Å²) in [6, 6.07) is 6.13. The monoisotopic (exact) mass is 282 g/mol. The maximum atomic E-state index is 12.0. The van der Waals surface area contributed by atoms with E-state index in [4.69, 9.17) is 0 Å². The quantitative estimate of drug-likeness (QED) is 0.872. The first-order chi connectivity index (χ1) is 8.97. The highest BCUT2D eigenvalue weighted by Crippen LogP contribution is 2.16. The van der Waals surface area contributed by atoms with Crippen molar-refractivity contribution in [2.45, 2.75) is 30.2 Å². The van der Waals surface area contributed by atoms with E-state index in [1.807, 2.05) is 0 Å². The van der Waals surface area contributed by atoms with Gasteiger partial charge in [0.05, 0.1) is 10.9 Å². The van der Waals surface area contributed by atoms with E-state index in [0.29, 0.717) is 5.69 Å².